The third-order valence-corrected chi connectivity index (χ3v) is 3.40. The molecule has 0 atom stereocenters. The van der Waals surface area contributed by atoms with E-state index in [1.807, 2.05) is 19.1 Å². The van der Waals surface area contributed by atoms with E-state index in [9.17, 15) is 18.0 Å². The molecule has 130 valence electrons. The predicted molar refractivity (Wildman–Crippen MR) is 91.1 cm³/mol. The molecule has 2 aromatic carbocycles. The van der Waals surface area contributed by atoms with Crippen LogP contribution in [0.5, 0.6) is 5.75 Å². The van der Waals surface area contributed by atoms with Gasteiger partial charge in [0.1, 0.15) is 5.75 Å². The maximum atomic E-state index is 12.5. The normalized spacial score (nSPS) is 12.0. The highest BCUT2D eigenvalue weighted by molar-refractivity contribution is 5.84. The van der Waals surface area contributed by atoms with Crippen molar-refractivity contribution in [2.75, 3.05) is 0 Å². The summed E-state index contributed by atoms with van der Waals surface area (Å²) in [7, 11) is 0. The third-order valence-electron chi connectivity index (χ3n) is 3.40. The molecule has 2 nitrogen and oxygen atoms in total. The average Bonchev–Trinajstić information content (AvgIpc) is 2.58. The van der Waals surface area contributed by atoms with Crippen molar-refractivity contribution in [1.82, 2.24) is 0 Å². The highest BCUT2D eigenvalue weighted by Crippen LogP contribution is 2.29. The maximum Gasteiger partial charge on any atom is 0.416 e. The zero-order chi connectivity index (χ0) is 18.3. The lowest BCUT2D eigenvalue weighted by Gasteiger charge is -2.05. The number of carbonyl (C=O) groups is 1. The van der Waals surface area contributed by atoms with Gasteiger partial charge in [-0.15, -0.1) is 0 Å². The molecular weight excluding hydrogens is 329 g/mol. The van der Waals surface area contributed by atoms with Gasteiger partial charge in [-0.3, -0.25) is 0 Å². The van der Waals surface area contributed by atoms with Crippen LogP contribution in [0, 0.1) is 0 Å². The minimum Gasteiger partial charge on any atom is -0.423 e. The molecule has 2 rings (SSSR count). The zero-order valence-corrected chi connectivity index (χ0v) is 13.6. The number of rotatable bonds is 5. The Hall–Kier alpha value is -2.82. The highest BCUT2D eigenvalue weighted by atomic mass is 19.4. The molecule has 0 unspecified atom stereocenters. The highest BCUT2D eigenvalue weighted by Gasteiger charge is 2.29. The number of ether oxygens (including phenoxy) is 1. The first-order chi connectivity index (χ1) is 11.9. The van der Waals surface area contributed by atoms with Crippen LogP contribution in [0.25, 0.3) is 6.08 Å². The van der Waals surface area contributed by atoms with Crippen molar-refractivity contribution < 1.29 is 22.7 Å². The number of carbonyl (C=O) groups excluding carboxylic acids is 1. The average molecular weight is 346 g/mol. The van der Waals surface area contributed by atoms with E-state index >= 15 is 0 Å². The Bertz CT molecular complexity index is 772. The summed E-state index contributed by atoms with van der Waals surface area (Å²) in [5.74, 6) is -0.0500. The molecule has 5 heteroatoms. The first-order valence-corrected chi connectivity index (χ1v) is 7.71. The lowest BCUT2D eigenvalue weighted by molar-refractivity contribution is -0.137. The fourth-order valence-corrected chi connectivity index (χ4v) is 2.06. The molecule has 0 amide bonds. The molecule has 0 aliphatic carbocycles. The monoisotopic (exact) mass is 346 g/mol. The van der Waals surface area contributed by atoms with Crippen LogP contribution in [0.1, 0.15) is 23.6 Å². The van der Waals surface area contributed by atoms with Gasteiger partial charge in [0.05, 0.1) is 5.56 Å². The number of benzene rings is 2. The molecule has 25 heavy (non-hydrogen) atoms. The van der Waals surface area contributed by atoms with Crippen molar-refractivity contribution in [2.45, 2.75) is 19.5 Å². The maximum absolute atomic E-state index is 12.5. The zero-order valence-electron chi connectivity index (χ0n) is 13.6. The van der Waals surface area contributed by atoms with Crippen LogP contribution in [0.2, 0.25) is 0 Å². The van der Waals surface area contributed by atoms with Crippen LogP contribution in [0.4, 0.5) is 13.2 Å². The summed E-state index contributed by atoms with van der Waals surface area (Å²) in [4.78, 5) is 11.7. The molecule has 0 spiro atoms. The SMILES string of the molecule is CCc1cccc(OC(=O)C=CC=Cc2ccc(C(F)(F)F)cc2)c1. The van der Waals surface area contributed by atoms with E-state index < -0.39 is 17.7 Å². The van der Waals surface area contributed by atoms with Crippen molar-refractivity contribution >= 4 is 12.0 Å². The number of hydrogen-bond acceptors (Lipinski definition) is 2. The standard InChI is InChI=1S/C20H17F3O2/c1-2-15-7-5-8-18(14-15)25-19(24)9-4-3-6-16-10-12-17(13-11-16)20(21,22)23/h3-14H,2H2,1H3. The van der Waals surface area contributed by atoms with Gasteiger partial charge in [-0.25, -0.2) is 4.79 Å². The number of alkyl halides is 3. The quantitative estimate of drug-likeness (QED) is 0.312. The van der Waals surface area contributed by atoms with E-state index in [0.29, 0.717) is 11.3 Å². The first-order valence-electron chi connectivity index (χ1n) is 7.71. The van der Waals surface area contributed by atoms with Gasteiger partial charge in [0.2, 0.25) is 0 Å². The van der Waals surface area contributed by atoms with Crippen LogP contribution < -0.4 is 4.74 Å². The summed E-state index contributed by atoms with van der Waals surface area (Å²) in [6.45, 7) is 2.01. The Labute approximate surface area is 144 Å². The number of hydrogen-bond donors (Lipinski definition) is 0. The molecule has 0 N–H and O–H groups in total. The molecule has 0 saturated carbocycles. The third kappa shape index (κ3) is 5.95. The topological polar surface area (TPSA) is 26.3 Å². The van der Waals surface area contributed by atoms with Crippen molar-refractivity contribution in [3.63, 3.8) is 0 Å². The molecule has 0 saturated heterocycles. The number of halogens is 3. The fraction of sp³-hybridized carbons (Fsp3) is 0.150. The Kier molecular flexibility index (Phi) is 6.17. The summed E-state index contributed by atoms with van der Waals surface area (Å²) < 4.78 is 42.6. The molecular formula is C20H17F3O2. The summed E-state index contributed by atoms with van der Waals surface area (Å²) in [5, 5.41) is 0. The minimum absolute atomic E-state index is 0.473. The Morgan fingerprint density at radius 2 is 1.80 bits per heavy atom. The summed E-state index contributed by atoms with van der Waals surface area (Å²) in [5.41, 5.74) is 0.969. The molecule has 0 aliphatic rings. The van der Waals surface area contributed by atoms with Crippen LogP contribution in [0.15, 0.2) is 66.8 Å². The first kappa shape index (κ1) is 18.5. The molecule has 2 aromatic rings. The van der Waals surface area contributed by atoms with Gasteiger partial charge in [-0.05, 0) is 41.8 Å². The number of allylic oxidation sites excluding steroid dienone is 2. The van der Waals surface area contributed by atoms with Crippen molar-refractivity contribution in [1.29, 1.82) is 0 Å². The fourth-order valence-electron chi connectivity index (χ4n) is 2.06. The van der Waals surface area contributed by atoms with Gasteiger partial charge in [-0.1, -0.05) is 49.4 Å². The van der Waals surface area contributed by atoms with E-state index in [1.54, 1.807) is 24.3 Å². The Morgan fingerprint density at radius 1 is 1.08 bits per heavy atom. The summed E-state index contributed by atoms with van der Waals surface area (Å²) in [6, 6.07) is 12.0. The molecule has 0 bridgehead atoms. The van der Waals surface area contributed by atoms with Crippen molar-refractivity contribution in [3.8, 4) is 5.75 Å². The minimum atomic E-state index is -4.35. The lowest BCUT2D eigenvalue weighted by atomic mass is 10.1. The van der Waals surface area contributed by atoms with Gasteiger partial charge in [0, 0.05) is 6.08 Å². The van der Waals surface area contributed by atoms with Crippen LogP contribution >= 0.6 is 0 Å². The molecule has 0 radical (unpaired) electrons. The van der Waals surface area contributed by atoms with Crippen molar-refractivity contribution in [2.24, 2.45) is 0 Å². The van der Waals surface area contributed by atoms with Gasteiger partial charge >= 0.3 is 12.1 Å². The number of esters is 1. The van der Waals surface area contributed by atoms with Gasteiger partial charge < -0.3 is 4.74 Å². The Balaban J connectivity index is 1.91. The van der Waals surface area contributed by atoms with E-state index in [1.165, 1.54) is 24.3 Å². The molecule has 0 heterocycles. The second kappa shape index (κ2) is 8.33. The van der Waals surface area contributed by atoms with Crippen LogP contribution in [-0.4, -0.2) is 5.97 Å². The van der Waals surface area contributed by atoms with E-state index in [4.69, 9.17) is 4.74 Å². The van der Waals surface area contributed by atoms with Gasteiger partial charge in [0.25, 0.3) is 0 Å². The molecule has 0 aliphatic heterocycles. The Morgan fingerprint density at radius 3 is 2.44 bits per heavy atom. The van der Waals surface area contributed by atoms with E-state index in [2.05, 4.69) is 0 Å². The van der Waals surface area contributed by atoms with E-state index in [-0.39, 0.29) is 0 Å². The van der Waals surface area contributed by atoms with E-state index in [0.717, 1.165) is 24.1 Å². The second-order valence-electron chi connectivity index (χ2n) is 5.26. The van der Waals surface area contributed by atoms with Gasteiger partial charge in [0.15, 0.2) is 0 Å². The van der Waals surface area contributed by atoms with Crippen molar-refractivity contribution in [3.05, 3.63) is 83.4 Å². The molecule has 0 fully saturated rings. The lowest BCUT2D eigenvalue weighted by Crippen LogP contribution is -2.04. The molecule has 0 aromatic heterocycles. The summed E-state index contributed by atoms with van der Waals surface area (Å²) >= 11 is 0. The van der Waals surface area contributed by atoms with Crippen LogP contribution in [-0.2, 0) is 17.4 Å². The second-order valence-corrected chi connectivity index (χ2v) is 5.26. The summed E-state index contributed by atoms with van der Waals surface area (Å²) in [6.07, 6.45) is 2.38. The van der Waals surface area contributed by atoms with Gasteiger partial charge in [-0.2, -0.15) is 13.2 Å². The largest absolute Gasteiger partial charge is 0.423 e. The number of aryl methyl sites for hydroxylation is 1. The van der Waals surface area contributed by atoms with Crippen LogP contribution in [0.3, 0.4) is 0 Å². The smallest absolute Gasteiger partial charge is 0.416 e. The predicted octanol–water partition coefficient (Wildman–Crippen LogP) is 5.44.